The van der Waals surface area contributed by atoms with Crippen LogP contribution >= 0.6 is 0 Å². The number of aromatic nitrogens is 1. The first-order valence-electron chi connectivity index (χ1n) is 20.7. The number of H-pyrrole nitrogens is 1. The molecule has 0 unspecified atom stereocenters. The number of carbonyl (C=O) groups is 4. The number of ketones is 1. The molecule has 308 valence electrons. The van der Waals surface area contributed by atoms with Crippen molar-refractivity contribution in [3.63, 3.8) is 0 Å². The highest BCUT2D eigenvalue weighted by atomic mass is 16.7. The van der Waals surface area contributed by atoms with Crippen molar-refractivity contribution in [2.75, 3.05) is 0 Å². The van der Waals surface area contributed by atoms with E-state index in [9.17, 15) is 29.7 Å². The number of Topliss-reactive ketones (excluding diaryl/α,β-unsaturated/α-hetero) is 1. The lowest BCUT2D eigenvalue weighted by Crippen LogP contribution is -2.58. The molecular formula is C45H58N2O10. The maximum atomic E-state index is 15.1. The molecule has 12 heteroatoms. The molecule has 13 atom stereocenters. The van der Waals surface area contributed by atoms with Crippen molar-refractivity contribution in [2.45, 2.75) is 129 Å². The molecule has 3 heterocycles. The predicted molar refractivity (Wildman–Crippen MR) is 210 cm³/mol. The van der Waals surface area contributed by atoms with Gasteiger partial charge in [-0.2, -0.15) is 0 Å². The maximum absolute atomic E-state index is 15.1. The summed E-state index contributed by atoms with van der Waals surface area (Å²) in [5, 5.41) is 37.2. The number of aromatic amines is 1. The molecule has 0 radical (unpaired) electrons. The quantitative estimate of drug-likeness (QED) is 0.114. The summed E-state index contributed by atoms with van der Waals surface area (Å²) in [5.74, 6) is -4.35. The highest BCUT2D eigenvalue weighted by Crippen LogP contribution is 2.61. The van der Waals surface area contributed by atoms with Crippen LogP contribution in [-0.4, -0.2) is 80.2 Å². The van der Waals surface area contributed by atoms with Gasteiger partial charge in [0.05, 0.1) is 29.8 Å². The zero-order valence-electron chi connectivity index (χ0n) is 33.8. The summed E-state index contributed by atoms with van der Waals surface area (Å²) in [6.45, 7) is 11.5. The van der Waals surface area contributed by atoms with Crippen LogP contribution in [-0.2, 0) is 28.6 Å². The summed E-state index contributed by atoms with van der Waals surface area (Å²) in [6, 6.07) is 2.74. The average molecular weight is 787 g/mol. The zero-order valence-corrected chi connectivity index (χ0v) is 33.8. The number of amides is 1. The lowest BCUT2D eigenvalue weighted by atomic mass is 9.51. The summed E-state index contributed by atoms with van der Waals surface area (Å²) < 4.78 is 19.4. The number of esters is 1. The van der Waals surface area contributed by atoms with Gasteiger partial charge in [-0.05, 0) is 95.1 Å². The second-order valence-corrected chi connectivity index (χ2v) is 17.5. The Morgan fingerprint density at radius 1 is 1.11 bits per heavy atom. The summed E-state index contributed by atoms with van der Waals surface area (Å²) in [4.78, 5) is 57.6. The summed E-state index contributed by atoms with van der Waals surface area (Å²) in [7, 11) is 0. The van der Waals surface area contributed by atoms with Crippen molar-refractivity contribution in [1.29, 1.82) is 0 Å². The second kappa shape index (κ2) is 15.5. The van der Waals surface area contributed by atoms with Crippen LogP contribution in [0.4, 0.5) is 0 Å². The SMILES string of the molecule is CC[C@H]1C[C@]23OC(=O)C(=C(O)[C@@]4(CC)[C@@H]5CC[C@H](C)[C@H](O[C@H]6C[C@@H](O)[C@H](NC(=O)c7ccc[nH]7)[C@@H](C)O6)[C@H]5C=C[C@H]4C/C=C/C/C(C)=C/[C@@]2(C)C=C1C(=O)O)C3=O. The number of carboxylic acid groups (broad SMARTS) is 1. The van der Waals surface area contributed by atoms with Gasteiger partial charge < -0.3 is 39.8 Å². The minimum absolute atomic E-state index is 0.0107. The predicted octanol–water partition coefficient (Wildman–Crippen LogP) is 6.66. The summed E-state index contributed by atoms with van der Waals surface area (Å²) in [6.07, 6.45) is 14.5. The Balaban J connectivity index is 1.25. The lowest BCUT2D eigenvalue weighted by molar-refractivity contribution is -0.258. The molecule has 57 heavy (non-hydrogen) atoms. The highest BCUT2D eigenvalue weighted by molar-refractivity contribution is 6.26. The van der Waals surface area contributed by atoms with Gasteiger partial charge in [0.1, 0.15) is 17.0 Å². The molecule has 5 N–H and O–H groups in total. The van der Waals surface area contributed by atoms with Crippen LogP contribution in [0.2, 0.25) is 0 Å². The Hall–Kier alpha value is -4.26. The van der Waals surface area contributed by atoms with E-state index in [-0.39, 0.29) is 65.4 Å². The van der Waals surface area contributed by atoms with Crippen molar-refractivity contribution >= 4 is 23.6 Å². The van der Waals surface area contributed by atoms with Crippen LogP contribution in [0.3, 0.4) is 0 Å². The van der Waals surface area contributed by atoms with E-state index >= 15 is 4.79 Å². The maximum Gasteiger partial charge on any atom is 0.346 e. The Bertz CT molecular complexity index is 1920. The van der Waals surface area contributed by atoms with Crippen molar-refractivity contribution < 1.29 is 48.7 Å². The number of aliphatic hydroxyl groups is 2. The fourth-order valence-corrected chi connectivity index (χ4v) is 11.3. The zero-order chi connectivity index (χ0) is 41.0. The van der Waals surface area contributed by atoms with Gasteiger partial charge in [0.2, 0.25) is 5.78 Å². The molecule has 12 nitrogen and oxygen atoms in total. The lowest BCUT2D eigenvalue weighted by Gasteiger charge is -2.55. The van der Waals surface area contributed by atoms with Gasteiger partial charge in [0.25, 0.3) is 5.91 Å². The minimum Gasteiger partial charge on any atom is -0.511 e. The second-order valence-electron chi connectivity index (χ2n) is 17.5. The van der Waals surface area contributed by atoms with Crippen LogP contribution in [0.25, 0.3) is 0 Å². The van der Waals surface area contributed by atoms with E-state index in [0.717, 1.165) is 12.0 Å². The minimum atomic E-state index is -1.73. The molecule has 2 bridgehead atoms. The molecule has 1 amide bonds. The number of nitrogens with one attached hydrogen (secondary N) is 2. The van der Waals surface area contributed by atoms with Crippen molar-refractivity contribution in [1.82, 2.24) is 10.3 Å². The van der Waals surface area contributed by atoms with Crippen LogP contribution in [0.15, 0.2) is 77.3 Å². The van der Waals surface area contributed by atoms with Crippen molar-refractivity contribution in [3.05, 3.63) is 83.0 Å². The van der Waals surface area contributed by atoms with Crippen molar-refractivity contribution in [3.8, 4) is 0 Å². The Kier molecular flexibility index (Phi) is 11.1. The first-order valence-corrected chi connectivity index (χ1v) is 20.7. The Morgan fingerprint density at radius 3 is 2.54 bits per heavy atom. The first kappa shape index (κ1) is 40.9. The fraction of sp³-hybridized carbons (Fsp3) is 0.600. The van der Waals surface area contributed by atoms with Gasteiger partial charge in [-0.3, -0.25) is 9.59 Å². The first-order chi connectivity index (χ1) is 27.1. The molecule has 1 aromatic rings. The number of fused-ring (bicyclic) bond motifs is 4. The molecule has 1 saturated carbocycles. The van der Waals surface area contributed by atoms with E-state index < -0.39 is 64.6 Å². The molecule has 0 aromatic carbocycles. The molecule has 2 aliphatic heterocycles. The van der Waals surface area contributed by atoms with Crippen LogP contribution in [0.1, 0.15) is 103 Å². The number of carbonyl (C=O) groups excluding carboxylic acids is 3. The molecule has 3 fully saturated rings. The molecule has 6 aliphatic rings. The van der Waals surface area contributed by atoms with E-state index in [1.807, 2.05) is 26.8 Å². The molecule has 1 aromatic heterocycles. The Morgan fingerprint density at radius 2 is 1.88 bits per heavy atom. The van der Waals surface area contributed by atoms with E-state index in [1.54, 1.807) is 38.3 Å². The van der Waals surface area contributed by atoms with E-state index in [2.05, 4.69) is 41.5 Å². The number of aliphatic carboxylic acids is 1. The number of hydrogen-bond donors (Lipinski definition) is 5. The smallest absolute Gasteiger partial charge is 0.346 e. The monoisotopic (exact) mass is 786 g/mol. The number of allylic oxidation sites excluding steroid dienone is 5. The Labute approximate surface area is 334 Å². The van der Waals surface area contributed by atoms with Gasteiger partial charge in [-0.25, -0.2) is 9.59 Å². The van der Waals surface area contributed by atoms with Gasteiger partial charge in [-0.15, -0.1) is 0 Å². The number of rotatable bonds is 7. The van der Waals surface area contributed by atoms with Gasteiger partial charge >= 0.3 is 11.9 Å². The van der Waals surface area contributed by atoms with E-state index in [1.165, 1.54) is 0 Å². The number of hydrogen-bond acceptors (Lipinski definition) is 9. The average Bonchev–Trinajstić information content (AvgIpc) is 3.79. The van der Waals surface area contributed by atoms with Gasteiger partial charge in [0, 0.05) is 35.9 Å². The standard InChI is InChI=1S/C45H58N2O10/c1-7-27-22-45-39(50)35(42(54)57-45)38(49)44(8-2)28(13-10-9-12-24(3)21-43(45,6)23-30(27)41(52)53)16-17-29-31(44)18-15-25(4)37(29)56-34-20-33(48)36(26(5)55-34)47-40(51)32-14-11-19-46-32/h9-11,14,16-17,19,21,23,25-29,31,33-34,36-37,46,48-49H,7-8,12-13,15,18,20,22H2,1-6H3,(H,47,51)(H,52,53)/b10-9+,24-21+,38-35?/t25-,26+,27-,28+,29-,31+,33+,34-,36+,37-,43-,44+,45+/m0/s1. The largest absolute Gasteiger partial charge is 0.511 e. The molecule has 1 spiro atoms. The third-order valence-corrected chi connectivity index (χ3v) is 14.3. The third kappa shape index (κ3) is 6.75. The number of aliphatic hydroxyl groups excluding tert-OH is 2. The van der Waals surface area contributed by atoms with Crippen LogP contribution in [0, 0.1) is 40.4 Å². The molecule has 2 saturated heterocycles. The molecule has 4 aliphatic carbocycles. The van der Waals surface area contributed by atoms with E-state index in [0.29, 0.717) is 37.8 Å². The fourth-order valence-electron chi connectivity index (χ4n) is 11.3. The van der Waals surface area contributed by atoms with Gasteiger partial charge in [0.15, 0.2) is 11.9 Å². The molecule has 7 rings (SSSR count). The number of carboxylic acids is 1. The van der Waals surface area contributed by atoms with Crippen molar-refractivity contribution in [2.24, 2.45) is 40.4 Å². The topological polar surface area (TPSA) is 184 Å². The number of ether oxygens (including phenoxy) is 3. The highest BCUT2D eigenvalue weighted by Gasteiger charge is 2.67. The van der Waals surface area contributed by atoms with E-state index in [4.69, 9.17) is 14.2 Å². The summed E-state index contributed by atoms with van der Waals surface area (Å²) in [5.41, 5.74) is -2.93. The third-order valence-electron chi connectivity index (χ3n) is 14.3. The van der Waals surface area contributed by atoms with Crippen LogP contribution in [0.5, 0.6) is 0 Å². The summed E-state index contributed by atoms with van der Waals surface area (Å²) >= 11 is 0. The van der Waals surface area contributed by atoms with Crippen LogP contribution < -0.4 is 5.32 Å². The van der Waals surface area contributed by atoms with Gasteiger partial charge in [-0.1, -0.05) is 62.8 Å². The normalized spacial score (nSPS) is 42.1. The molecular weight excluding hydrogens is 728 g/mol.